The van der Waals surface area contributed by atoms with E-state index in [0.717, 1.165) is 17.0 Å². The predicted octanol–water partition coefficient (Wildman–Crippen LogP) is 5.51. The fourth-order valence-corrected chi connectivity index (χ4v) is 3.74. The van der Waals surface area contributed by atoms with Gasteiger partial charge in [0.05, 0.1) is 5.69 Å². The van der Waals surface area contributed by atoms with Crippen LogP contribution in [-0.4, -0.2) is 25.4 Å². The lowest BCUT2D eigenvalue weighted by Crippen LogP contribution is -2.20. The summed E-state index contributed by atoms with van der Waals surface area (Å²) in [6.45, 7) is 6.63. The van der Waals surface area contributed by atoms with E-state index in [-0.39, 0.29) is 12.2 Å². The molecule has 0 spiro atoms. The second kappa shape index (κ2) is 9.86. The fraction of sp³-hybridized carbons (Fsp3) is 0.480. The quantitative estimate of drug-likeness (QED) is 0.546. The number of alkyl halides is 1. The van der Waals surface area contributed by atoms with Gasteiger partial charge in [-0.1, -0.05) is 13.0 Å². The number of hydrogen-bond acceptors (Lipinski definition) is 4. The molecule has 0 bridgehead atoms. The van der Waals surface area contributed by atoms with Crippen LogP contribution in [0.2, 0.25) is 0 Å². The van der Waals surface area contributed by atoms with Crippen molar-refractivity contribution in [2.24, 2.45) is 0 Å². The van der Waals surface area contributed by atoms with Crippen molar-refractivity contribution in [3.05, 3.63) is 58.8 Å². The molecule has 1 N–H and O–H groups in total. The molecule has 0 radical (unpaired) electrons. The number of Topliss-reactive ketones (excluding diaryl/α,β-unsaturated/α-hetero) is 1. The fourth-order valence-electron chi connectivity index (χ4n) is 3.74. The molecule has 7 heteroatoms. The molecule has 1 fully saturated rings. The maximum atomic E-state index is 12.8. The molecule has 0 atom stereocenters. The smallest absolute Gasteiger partial charge is 0.160 e. The molecule has 1 saturated carbocycles. The molecule has 0 saturated heterocycles. The van der Waals surface area contributed by atoms with E-state index >= 15 is 0 Å². The molecule has 0 unspecified atom stereocenters. The molecule has 3 aromatic rings. The summed E-state index contributed by atoms with van der Waals surface area (Å²) in [5.41, 5.74) is 2.49. The first-order valence-electron chi connectivity index (χ1n) is 11.1. The molecular formula is C25H31F2N3O2. The van der Waals surface area contributed by atoms with Crippen molar-refractivity contribution in [3.63, 3.8) is 0 Å². The highest BCUT2D eigenvalue weighted by Gasteiger charge is 2.25. The molecule has 1 aliphatic carbocycles. The van der Waals surface area contributed by atoms with Gasteiger partial charge in [0.1, 0.15) is 35.2 Å². The molecule has 32 heavy (non-hydrogen) atoms. The molecule has 2 heterocycles. The van der Waals surface area contributed by atoms with Crippen LogP contribution in [0.3, 0.4) is 0 Å². The van der Waals surface area contributed by atoms with E-state index in [1.54, 1.807) is 20.8 Å². The van der Waals surface area contributed by atoms with Crippen molar-refractivity contribution in [1.82, 2.24) is 14.5 Å². The molecule has 1 aliphatic rings. The summed E-state index contributed by atoms with van der Waals surface area (Å²) in [6, 6.07) is 8.17. The summed E-state index contributed by atoms with van der Waals surface area (Å²) < 4.78 is 27.5. The number of halogens is 2. The number of ketones is 1. The average molecular weight is 444 g/mol. The van der Waals surface area contributed by atoms with Crippen LogP contribution in [0.4, 0.5) is 8.78 Å². The van der Waals surface area contributed by atoms with Gasteiger partial charge in [-0.2, -0.15) is 0 Å². The highest BCUT2D eigenvalue weighted by Crippen LogP contribution is 2.35. The highest BCUT2D eigenvalue weighted by molar-refractivity contribution is 5.80. The summed E-state index contributed by atoms with van der Waals surface area (Å²) in [5.74, 6) is 0.585. The van der Waals surface area contributed by atoms with Crippen molar-refractivity contribution in [2.75, 3.05) is 0 Å². The van der Waals surface area contributed by atoms with Crippen LogP contribution in [0.5, 0.6) is 0 Å². The number of carbonyl (C=O) groups is 1. The van der Waals surface area contributed by atoms with Gasteiger partial charge < -0.3 is 9.67 Å². The normalized spacial score (nSPS) is 14.1. The first-order chi connectivity index (χ1) is 15.1. The lowest BCUT2D eigenvalue weighted by molar-refractivity contribution is -0.118. The highest BCUT2D eigenvalue weighted by atomic mass is 19.1. The molecule has 0 amide bonds. The summed E-state index contributed by atoms with van der Waals surface area (Å²) in [6.07, 6.45) is 4.21. The van der Waals surface area contributed by atoms with Crippen LogP contribution in [0, 0.1) is 12.7 Å². The Morgan fingerprint density at radius 2 is 1.91 bits per heavy atom. The van der Waals surface area contributed by atoms with Crippen molar-refractivity contribution in [1.29, 1.82) is 0 Å². The number of aryl methyl sites for hydroxylation is 1. The van der Waals surface area contributed by atoms with Crippen LogP contribution in [0.25, 0.3) is 11.2 Å². The first kappa shape index (κ1) is 24.0. The van der Waals surface area contributed by atoms with Gasteiger partial charge in [0.25, 0.3) is 0 Å². The van der Waals surface area contributed by atoms with Gasteiger partial charge in [0.2, 0.25) is 0 Å². The Morgan fingerprint density at radius 1 is 1.19 bits per heavy atom. The number of aliphatic hydroxyl groups is 1. The van der Waals surface area contributed by atoms with Gasteiger partial charge in [-0.3, -0.25) is 4.79 Å². The number of hydrogen-bond donors (Lipinski definition) is 1. The Bertz CT molecular complexity index is 1100. The largest absolute Gasteiger partial charge is 0.384 e. The molecular weight excluding hydrogens is 412 g/mol. The number of aromatic nitrogens is 3. The first-order valence-corrected chi connectivity index (χ1v) is 11.1. The topological polar surface area (TPSA) is 68.0 Å². The SMILES string of the molecule is CCC(=O)Cc1cc(F)ccc1CF.Cc1nc2ccc(C(C)(C)O)nc2n1C1CCC1. The number of pyridine rings is 1. The zero-order valence-electron chi connectivity index (χ0n) is 19.2. The van der Waals surface area contributed by atoms with Gasteiger partial charge in [-0.15, -0.1) is 0 Å². The van der Waals surface area contributed by atoms with E-state index in [2.05, 4.69) is 14.5 Å². The minimum atomic E-state index is -0.906. The second-order valence-electron chi connectivity index (χ2n) is 8.83. The molecule has 0 aliphatic heterocycles. The number of rotatable bonds is 6. The average Bonchev–Trinajstić information content (AvgIpc) is 3.02. The lowest BCUT2D eigenvalue weighted by Gasteiger charge is -2.28. The Balaban J connectivity index is 0.000000188. The third-order valence-corrected chi connectivity index (χ3v) is 5.87. The van der Waals surface area contributed by atoms with E-state index in [1.807, 2.05) is 19.1 Å². The number of imidazole rings is 1. The van der Waals surface area contributed by atoms with Crippen LogP contribution < -0.4 is 0 Å². The Morgan fingerprint density at radius 3 is 2.47 bits per heavy atom. The van der Waals surface area contributed by atoms with Crippen LogP contribution in [0.15, 0.2) is 30.3 Å². The van der Waals surface area contributed by atoms with Gasteiger partial charge in [-0.05, 0) is 75.4 Å². The zero-order valence-corrected chi connectivity index (χ0v) is 19.2. The maximum absolute atomic E-state index is 12.8. The van der Waals surface area contributed by atoms with Crippen molar-refractivity contribution < 1.29 is 18.7 Å². The number of nitrogens with zero attached hydrogens (tertiary/aromatic N) is 3. The molecule has 5 nitrogen and oxygen atoms in total. The maximum Gasteiger partial charge on any atom is 0.160 e. The second-order valence-corrected chi connectivity index (χ2v) is 8.83. The molecule has 1 aromatic carbocycles. The number of carbonyl (C=O) groups excluding carboxylic acids is 1. The number of benzene rings is 1. The van der Waals surface area contributed by atoms with E-state index in [4.69, 9.17) is 0 Å². The summed E-state index contributed by atoms with van der Waals surface area (Å²) in [7, 11) is 0. The molecule has 4 rings (SSSR count). The van der Waals surface area contributed by atoms with E-state index in [0.29, 0.717) is 29.3 Å². The van der Waals surface area contributed by atoms with Gasteiger partial charge >= 0.3 is 0 Å². The third kappa shape index (κ3) is 5.38. The Kier molecular flexibility index (Phi) is 7.39. The van der Waals surface area contributed by atoms with Crippen LogP contribution in [-0.2, 0) is 23.5 Å². The lowest BCUT2D eigenvalue weighted by atomic mass is 9.93. The van der Waals surface area contributed by atoms with Crippen molar-refractivity contribution >= 4 is 16.9 Å². The van der Waals surface area contributed by atoms with E-state index < -0.39 is 18.1 Å². The standard InChI is InChI=1S/C14H19N3O.C11H12F2O/c1-9-15-11-7-8-12(14(2,3)18)16-13(11)17(9)10-5-4-6-10;1-2-11(14)6-9-5-10(13)4-3-8(9)7-12/h7-8,10,18H,4-6H2,1-3H3;3-5H,2,6-7H2,1H3. The van der Waals surface area contributed by atoms with Crippen molar-refractivity contribution in [3.8, 4) is 0 Å². The summed E-state index contributed by atoms with van der Waals surface area (Å²) in [5, 5.41) is 10.1. The van der Waals surface area contributed by atoms with E-state index in [1.165, 1.54) is 37.5 Å². The molecule has 172 valence electrons. The minimum Gasteiger partial charge on any atom is -0.384 e. The van der Waals surface area contributed by atoms with Crippen LogP contribution in [0.1, 0.15) is 75.1 Å². The zero-order chi connectivity index (χ0) is 23.5. The Labute approximate surface area is 187 Å². The van der Waals surface area contributed by atoms with Crippen molar-refractivity contribution in [2.45, 2.75) is 78.1 Å². The predicted molar refractivity (Wildman–Crippen MR) is 121 cm³/mol. The molecule has 2 aromatic heterocycles. The summed E-state index contributed by atoms with van der Waals surface area (Å²) in [4.78, 5) is 20.3. The van der Waals surface area contributed by atoms with Crippen LogP contribution >= 0.6 is 0 Å². The monoisotopic (exact) mass is 443 g/mol. The van der Waals surface area contributed by atoms with Gasteiger partial charge in [-0.25, -0.2) is 18.7 Å². The van der Waals surface area contributed by atoms with Gasteiger partial charge in [0, 0.05) is 18.9 Å². The third-order valence-electron chi connectivity index (χ3n) is 5.87. The summed E-state index contributed by atoms with van der Waals surface area (Å²) >= 11 is 0. The number of fused-ring (bicyclic) bond motifs is 1. The van der Waals surface area contributed by atoms with E-state index in [9.17, 15) is 18.7 Å². The van der Waals surface area contributed by atoms with Gasteiger partial charge in [0.15, 0.2) is 5.65 Å². The Hall–Kier alpha value is -2.67. The minimum absolute atomic E-state index is 0.00898.